The smallest absolute Gasteiger partial charge is 0.273 e. The number of benzene rings is 1. The predicted molar refractivity (Wildman–Crippen MR) is 66.5 cm³/mol. The fourth-order valence-electron chi connectivity index (χ4n) is 2.56. The van der Waals surface area contributed by atoms with Crippen molar-refractivity contribution < 1.29 is 13.6 Å². The van der Waals surface area contributed by atoms with Crippen molar-refractivity contribution in [1.82, 2.24) is 0 Å². The number of hydrogen-bond acceptors (Lipinski definition) is 1. The van der Waals surface area contributed by atoms with Gasteiger partial charge < -0.3 is 0 Å². The molecule has 0 spiro atoms. The highest BCUT2D eigenvalue weighted by atomic mass is 19.3. The third-order valence-electron chi connectivity index (χ3n) is 3.69. The van der Waals surface area contributed by atoms with Crippen LogP contribution in [0.3, 0.4) is 0 Å². The van der Waals surface area contributed by atoms with Crippen LogP contribution in [0.5, 0.6) is 0 Å². The summed E-state index contributed by atoms with van der Waals surface area (Å²) in [6.45, 7) is 0. The lowest BCUT2D eigenvalue weighted by atomic mass is 9.95. The summed E-state index contributed by atoms with van der Waals surface area (Å²) in [5.74, 6) is -2.84. The van der Waals surface area contributed by atoms with E-state index in [0.29, 0.717) is 0 Å². The van der Waals surface area contributed by atoms with Gasteiger partial charge in [0.1, 0.15) is 5.78 Å². The highest BCUT2D eigenvalue weighted by Crippen LogP contribution is 2.34. The zero-order chi connectivity index (χ0) is 13.0. The monoisotopic (exact) mass is 252 g/mol. The van der Waals surface area contributed by atoms with E-state index in [1.807, 2.05) is 0 Å². The second kappa shape index (κ2) is 5.59. The van der Waals surface area contributed by atoms with Crippen LogP contribution in [0.4, 0.5) is 8.78 Å². The maximum Gasteiger partial charge on any atom is 0.273 e. The molecule has 1 nitrogen and oxygen atoms in total. The number of Topliss-reactive ketones (excluding diaryl/α,β-unsaturated/α-hetero) is 1. The minimum Gasteiger partial charge on any atom is -0.299 e. The Balaban J connectivity index is 1.90. The van der Waals surface area contributed by atoms with E-state index in [-0.39, 0.29) is 30.1 Å². The van der Waals surface area contributed by atoms with E-state index in [9.17, 15) is 13.6 Å². The molecule has 0 amide bonds. The maximum atomic E-state index is 13.9. The zero-order valence-electron chi connectivity index (χ0n) is 10.4. The number of rotatable bonds is 5. The van der Waals surface area contributed by atoms with Crippen molar-refractivity contribution in [3.63, 3.8) is 0 Å². The Morgan fingerprint density at radius 2 is 1.78 bits per heavy atom. The molecule has 0 bridgehead atoms. The molecule has 1 fully saturated rings. The van der Waals surface area contributed by atoms with Crippen molar-refractivity contribution in [2.24, 2.45) is 5.92 Å². The van der Waals surface area contributed by atoms with Gasteiger partial charge in [-0.1, -0.05) is 43.2 Å². The molecule has 0 aliphatic heterocycles. The van der Waals surface area contributed by atoms with E-state index < -0.39 is 5.92 Å². The number of carbonyl (C=O) groups is 1. The summed E-state index contributed by atoms with van der Waals surface area (Å²) in [6, 6.07) is 7.74. The van der Waals surface area contributed by atoms with Crippen LogP contribution in [-0.2, 0) is 10.7 Å². The lowest BCUT2D eigenvalue weighted by Crippen LogP contribution is -2.18. The van der Waals surface area contributed by atoms with Crippen molar-refractivity contribution in [3.05, 3.63) is 35.9 Å². The fraction of sp³-hybridized carbons (Fsp3) is 0.533. The summed E-state index contributed by atoms with van der Waals surface area (Å²) >= 11 is 0. The molecule has 0 N–H and O–H groups in total. The standard InChI is InChI=1S/C15H18F2O/c16-15(17,13-8-2-1-3-9-13)11-10-14(18)12-6-4-5-7-12/h1-3,8-9,12H,4-7,10-11H2. The molecule has 1 saturated carbocycles. The highest BCUT2D eigenvalue weighted by molar-refractivity contribution is 5.81. The van der Waals surface area contributed by atoms with Crippen LogP contribution in [-0.4, -0.2) is 5.78 Å². The number of ketones is 1. The summed E-state index contributed by atoms with van der Waals surface area (Å²) in [7, 11) is 0. The molecule has 1 aliphatic rings. The Morgan fingerprint density at radius 1 is 1.17 bits per heavy atom. The van der Waals surface area contributed by atoms with Crippen molar-refractivity contribution in [1.29, 1.82) is 0 Å². The first-order valence-corrected chi connectivity index (χ1v) is 6.56. The molecule has 0 unspecified atom stereocenters. The zero-order valence-corrected chi connectivity index (χ0v) is 10.4. The Bertz CT molecular complexity index is 394. The van der Waals surface area contributed by atoms with Crippen molar-refractivity contribution in [2.45, 2.75) is 44.4 Å². The molecule has 2 rings (SSSR count). The molecular formula is C15H18F2O. The molecule has 0 radical (unpaired) electrons. The van der Waals surface area contributed by atoms with E-state index in [1.54, 1.807) is 18.2 Å². The summed E-state index contributed by atoms with van der Waals surface area (Å²) < 4.78 is 27.7. The molecule has 0 aromatic heterocycles. The average Bonchev–Trinajstić information content (AvgIpc) is 2.91. The summed E-state index contributed by atoms with van der Waals surface area (Å²) in [6.07, 6.45) is 3.52. The van der Waals surface area contributed by atoms with E-state index in [4.69, 9.17) is 0 Å². The summed E-state index contributed by atoms with van der Waals surface area (Å²) in [5.41, 5.74) is 0.00391. The van der Waals surface area contributed by atoms with Gasteiger partial charge in [-0.3, -0.25) is 4.79 Å². The second-order valence-electron chi connectivity index (χ2n) is 5.02. The van der Waals surface area contributed by atoms with Crippen LogP contribution in [0.25, 0.3) is 0 Å². The quantitative estimate of drug-likeness (QED) is 0.762. The Labute approximate surface area is 106 Å². The summed E-state index contributed by atoms with van der Waals surface area (Å²) in [5, 5.41) is 0. The van der Waals surface area contributed by atoms with E-state index in [1.165, 1.54) is 12.1 Å². The van der Waals surface area contributed by atoms with Crippen LogP contribution in [0, 0.1) is 5.92 Å². The second-order valence-corrected chi connectivity index (χ2v) is 5.02. The van der Waals surface area contributed by atoms with Crippen LogP contribution < -0.4 is 0 Å². The maximum absolute atomic E-state index is 13.9. The predicted octanol–water partition coefficient (Wildman–Crippen LogP) is 4.32. The number of alkyl halides is 2. The number of halogens is 2. The summed E-state index contributed by atoms with van der Waals surface area (Å²) in [4.78, 5) is 11.8. The van der Waals surface area contributed by atoms with Gasteiger partial charge in [0.25, 0.3) is 5.92 Å². The van der Waals surface area contributed by atoms with Gasteiger partial charge in [0.2, 0.25) is 0 Å². The SMILES string of the molecule is O=C(CCC(F)(F)c1ccccc1)C1CCCC1. The Morgan fingerprint density at radius 3 is 2.39 bits per heavy atom. The highest BCUT2D eigenvalue weighted by Gasteiger charge is 2.33. The van der Waals surface area contributed by atoms with Crippen LogP contribution in [0.2, 0.25) is 0 Å². The van der Waals surface area contributed by atoms with E-state index >= 15 is 0 Å². The van der Waals surface area contributed by atoms with Crippen LogP contribution in [0.1, 0.15) is 44.1 Å². The van der Waals surface area contributed by atoms with E-state index in [2.05, 4.69) is 0 Å². The minimum absolute atomic E-state index is 0.00391. The van der Waals surface area contributed by atoms with Crippen LogP contribution >= 0.6 is 0 Å². The first kappa shape index (κ1) is 13.2. The van der Waals surface area contributed by atoms with Gasteiger partial charge in [-0.05, 0) is 12.8 Å². The molecule has 98 valence electrons. The Kier molecular flexibility index (Phi) is 4.10. The molecule has 1 aromatic carbocycles. The molecule has 3 heteroatoms. The van der Waals surface area contributed by atoms with Gasteiger partial charge in [0.15, 0.2) is 0 Å². The normalized spacial score (nSPS) is 17.0. The van der Waals surface area contributed by atoms with Crippen molar-refractivity contribution in [3.8, 4) is 0 Å². The largest absolute Gasteiger partial charge is 0.299 e. The molecule has 0 heterocycles. The third kappa shape index (κ3) is 3.15. The van der Waals surface area contributed by atoms with Gasteiger partial charge in [-0.15, -0.1) is 0 Å². The topological polar surface area (TPSA) is 17.1 Å². The molecule has 0 atom stereocenters. The lowest BCUT2D eigenvalue weighted by molar-refractivity contribution is -0.125. The molecule has 18 heavy (non-hydrogen) atoms. The van der Waals surface area contributed by atoms with Gasteiger partial charge in [-0.2, -0.15) is 0 Å². The number of carbonyl (C=O) groups excluding carboxylic acids is 1. The first-order chi connectivity index (χ1) is 8.59. The lowest BCUT2D eigenvalue weighted by Gasteiger charge is -2.17. The first-order valence-electron chi connectivity index (χ1n) is 6.56. The average molecular weight is 252 g/mol. The fourth-order valence-corrected chi connectivity index (χ4v) is 2.56. The minimum atomic E-state index is -2.89. The Hall–Kier alpha value is -1.25. The van der Waals surface area contributed by atoms with Gasteiger partial charge in [-0.25, -0.2) is 8.78 Å². The van der Waals surface area contributed by atoms with Gasteiger partial charge in [0, 0.05) is 24.3 Å². The molecule has 0 saturated heterocycles. The molecule has 1 aliphatic carbocycles. The number of hydrogen-bond donors (Lipinski definition) is 0. The van der Waals surface area contributed by atoms with Gasteiger partial charge in [0.05, 0.1) is 0 Å². The van der Waals surface area contributed by atoms with Crippen molar-refractivity contribution >= 4 is 5.78 Å². The molecule has 1 aromatic rings. The molecular weight excluding hydrogens is 234 g/mol. The van der Waals surface area contributed by atoms with Gasteiger partial charge >= 0.3 is 0 Å². The third-order valence-corrected chi connectivity index (χ3v) is 3.69. The van der Waals surface area contributed by atoms with Crippen molar-refractivity contribution in [2.75, 3.05) is 0 Å². The van der Waals surface area contributed by atoms with E-state index in [0.717, 1.165) is 25.7 Å². The van der Waals surface area contributed by atoms with Crippen LogP contribution in [0.15, 0.2) is 30.3 Å².